The first-order valence-electron chi connectivity index (χ1n) is 7.60. The van der Waals surface area contributed by atoms with Crippen molar-refractivity contribution in [2.75, 3.05) is 7.11 Å². The summed E-state index contributed by atoms with van der Waals surface area (Å²) in [5.41, 5.74) is -0.0732. The fraction of sp³-hybridized carbons (Fsp3) is 0.235. The molecule has 2 aromatic carbocycles. The fourth-order valence-corrected chi connectivity index (χ4v) is 2.68. The van der Waals surface area contributed by atoms with E-state index in [1.54, 1.807) is 24.3 Å². The molecular weight excluding hydrogens is 336 g/mol. The zero-order valence-electron chi connectivity index (χ0n) is 13.3. The summed E-state index contributed by atoms with van der Waals surface area (Å²) < 4.78 is 56.5. The number of ether oxygens (including phenoxy) is 1. The van der Waals surface area contributed by atoms with Crippen molar-refractivity contribution >= 4 is 13.1 Å². The van der Waals surface area contributed by atoms with Gasteiger partial charge in [-0.2, -0.15) is 0 Å². The molecule has 1 aliphatic rings. The number of benzene rings is 2. The minimum atomic E-state index is -1.27. The highest BCUT2D eigenvalue weighted by atomic mass is 19.2. The van der Waals surface area contributed by atoms with Gasteiger partial charge in [-0.25, -0.2) is 13.2 Å². The number of carbonyl (C=O) groups is 1. The van der Waals surface area contributed by atoms with Gasteiger partial charge in [0.05, 0.1) is 7.11 Å². The maximum atomic E-state index is 14.0. The molecule has 25 heavy (non-hydrogen) atoms. The molecule has 1 unspecified atom stereocenters. The average Bonchev–Trinajstić information content (AvgIpc) is 3.02. The molecule has 0 fully saturated rings. The molecule has 1 atom stereocenters. The number of para-hydroxylation sites is 2. The van der Waals surface area contributed by atoms with Crippen molar-refractivity contribution in [2.24, 2.45) is 0 Å². The zero-order valence-corrected chi connectivity index (χ0v) is 13.3. The van der Waals surface area contributed by atoms with Crippen LogP contribution in [0.1, 0.15) is 12.0 Å². The van der Waals surface area contributed by atoms with E-state index in [-0.39, 0.29) is 18.4 Å². The van der Waals surface area contributed by atoms with Crippen LogP contribution in [-0.2, 0) is 16.0 Å². The van der Waals surface area contributed by atoms with E-state index in [2.05, 4.69) is 4.74 Å². The van der Waals surface area contributed by atoms with Gasteiger partial charge < -0.3 is 14.0 Å². The van der Waals surface area contributed by atoms with E-state index in [9.17, 15) is 18.0 Å². The van der Waals surface area contributed by atoms with E-state index in [1.165, 1.54) is 7.11 Å². The first-order valence-corrected chi connectivity index (χ1v) is 7.60. The summed E-state index contributed by atoms with van der Waals surface area (Å²) in [6.07, 6.45) is -0.218. The van der Waals surface area contributed by atoms with Gasteiger partial charge in [0, 0.05) is 18.3 Å². The Labute approximate surface area is 142 Å². The number of hydrogen-bond acceptors (Lipinski definition) is 4. The van der Waals surface area contributed by atoms with E-state index < -0.39 is 36.4 Å². The Hall–Kier alpha value is -2.64. The Morgan fingerprint density at radius 1 is 1.08 bits per heavy atom. The molecule has 3 rings (SSSR count). The Balaban J connectivity index is 1.84. The van der Waals surface area contributed by atoms with E-state index in [0.29, 0.717) is 17.6 Å². The predicted molar refractivity (Wildman–Crippen MR) is 83.9 cm³/mol. The standard InChI is InChI=1S/C17H14BF3O4/c1-23-17(22)8-11(6-10-7-13(20)14(21)9-12(10)19)18-24-15-4-2-3-5-16(15)25-18/h2-5,7,9,11H,6,8H2,1H3. The number of rotatable bonds is 5. The zero-order chi connectivity index (χ0) is 18.0. The largest absolute Gasteiger partial charge is 0.599 e. The second-order valence-corrected chi connectivity index (χ2v) is 5.65. The number of hydrogen-bond donors (Lipinski definition) is 0. The van der Waals surface area contributed by atoms with Crippen molar-refractivity contribution in [3.05, 3.63) is 59.4 Å². The molecular formula is C17H14BF3O4. The number of methoxy groups -OCH3 is 1. The van der Waals surface area contributed by atoms with Crippen molar-refractivity contribution in [1.82, 2.24) is 0 Å². The molecule has 8 heteroatoms. The first-order chi connectivity index (χ1) is 12.0. The monoisotopic (exact) mass is 350 g/mol. The van der Waals surface area contributed by atoms with Crippen molar-refractivity contribution in [2.45, 2.75) is 18.7 Å². The molecule has 0 saturated carbocycles. The summed E-state index contributed by atoms with van der Waals surface area (Å²) >= 11 is 0. The number of halogens is 3. The maximum absolute atomic E-state index is 14.0. The Kier molecular flexibility index (Phi) is 4.87. The molecule has 0 saturated heterocycles. The van der Waals surface area contributed by atoms with Crippen LogP contribution < -0.4 is 9.31 Å². The summed E-state index contributed by atoms with van der Waals surface area (Å²) in [5, 5.41) is 0. The van der Waals surface area contributed by atoms with Crippen LogP contribution in [0.15, 0.2) is 36.4 Å². The third-order valence-electron chi connectivity index (χ3n) is 3.95. The van der Waals surface area contributed by atoms with Crippen molar-refractivity contribution in [3.8, 4) is 11.5 Å². The van der Waals surface area contributed by atoms with Gasteiger partial charge in [-0.05, 0) is 30.2 Å². The third-order valence-corrected chi connectivity index (χ3v) is 3.95. The van der Waals surface area contributed by atoms with Crippen LogP contribution in [0.25, 0.3) is 0 Å². The van der Waals surface area contributed by atoms with Crippen LogP contribution in [0.5, 0.6) is 11.5 Å². The normalized spacial score (nSPS) is 13.7. The molecule has 0 N–H and O–H groups in total. The third kappa shape index (κ3) is 3.73. The van der Waals surface area contributed by atoms with Crippen LogP contribution in [0.4, 0.5) is 13.2 Å². The summed E-state index contributed by atoms with van der Waals surface area (Å²) in [6.45, 7) is 0. The van der Waals surface area contributed by atoms with Gasteiger partial charge in [0.25, 0.3) is 0 Å². The summed E-state index contributed by atoms with van der Waals surface area (Å²) in [7, 11) is 0.354. The van der Waals surface area contributed by atoms with Gasteiger partial charge in [0.1, 0.15) is 17.3 Å². The number of carbonyl (C=O) groups excluding carboxylic acids is 1. The Morgan fingerprint density at radius 2 is 1.68 bits per heavy atom. The second kappa shape index (κ2) is 7.08. The van der Waals surface area contributed by atoms with Gasteiger partial charge in [-0.15, -0.1) is 0 Å². The van der Waals surface area contributed by atoms with E-state index in [1.807, 2.05) is 0 Å². The molecule has 0 spiro atoms. The number of fused-ring (bicyclic) bond motifs is 1. The lowest BCUT2D eigenvalue weighted by Crippen LogP contribution is -2.34. The Bertz CT molecular complexity index is 774. The minimum absolute atomic E-state index is 0.0732. The molecule has 1 aliphatic heterocycles. The van der Waals surface area contributed by atoms with Gasteiger partial charge >= 0.3 is 13.1 Å². The molecule has 1 heterocycles. The molecule has 0 bridgehead atoms. The highest BCUT2D eigenvalue weighted by Gasteiger charge is 2.41. The summed E-state index contributed by atoms with van der Waals surface area (Å²) in [4.78, 5) is 11.7. The minimum Gasteiger partial charge on any atom is -0.523 e. The van der Waals surface area contributed by atoms with Crippen LogP contribution in [-0.4, -0.2) is 20.2 Å². The predicted octanol–water partition coefficient (Wildman–Crippen LogP) is 3.54. The van der Waals surface area contributed by atoms with Crippen LogP contribution >= 0.6 is 0 Å². The van der Waals surface area contributed by atoms with E-state index in [4.69, 9.17) is 9.31 Å². The molecule has 0 radical (unpaired) electrons. The van der Waals surface area contributed by atoms with Gasteiger partial charge in [-0.1, -0.05) is 12.1 Å². The molecule has 4 nitrogen and oxygen atoms in total. The van der Waals surface area contributed by atoms with Crippen molar-refractivity contribution < 1.29 is 32.0 Å². The van der Waals surface area contributed by atoms with Crippen LogP contribution in [0.2, 0.25) is 5.82 Å². The van der Waals surface area contributed by atoms with Gasteiger partial charge in [0.15, 0.2) is 11.6 Å². The molecule has 0 amide bonds. The van der Waals surface area contributed by atoms with Gasteiger partial charge in [0.2, 0.25) is 0 Å². The van der Waals surface area contributed by atoms with Crippen LogP contribution in [0.3, 0.4) is 0 Å². The van der Waals surface area contributed by atoms with Crippen LogP contribution in [0, 0.1) is 17.5 Å². The fourth-order valence-electron chi connectivity index (χ4n) is 2.68. The molecule has 2 aromatic rings. The molecule has 0 aliphatic carbocycles. The highest BCUT2D eigenvalue weighted by molar-refractivity contribution is 6.50. The van der Waals surface area contributed by atoms with Crippen molar-refractivity contribution in [3.63, 3.8) is 0 Å². The first kappa shape index (κ1) is 17.2. The topological polar surface area (TPSA) is 44.8 Å². The lowest BCUT2D eigenvalue weighted by atomic mass is 9.67. The quantitative estimate of drug-likeness (QED) is 0.470. The second-order valence-electron chi connectivity index (χ2n) is 5.65. The molecule has 130 valence electrons. The summed E-state index contributed by atoms with van der Waals surface area (Å²) in [6, 6.07) is 8.16. The Morgan fingerprint density at radius 3 is 2.28 bits per heavy atom. The van der Waals surface area contributed by atoms with Gasteiger partial charge in [-0.3, -0.25) is 4.79 Å². The number of esters is 1. The smallest absolute Gasteiger partial charge is 0.523 e. The SMILES string of the molecule is COC(=O)CC(Cc1cc(F)c(F)cc1F)B1Oc2ccccc2O1. The average molecular weight is 350 g/mol. The highest BCUT2D eigenvalue weighted by Crippen LogP contribution is 2.38. The lowest BCUT2D eigenvalue weighted by molar-refractivity contribution is -0.140. The van der Waals surface area contributed by atoms with E-state index in [0.717, 1.165) is 6.07 Å². The van der Waals surface area contributed by atoms with E-state index >= 15 is 0 Å². The molecule has 0 aromatic heterocycles. The maximum Gasteiger partial charge on any atom is 0.599 e. The summed E-state index contributed by atoms with van der Waals surface area (Å²) in [5.74, 6) is -3.54. The lowest BCUT2D eigenvalue weighted by Gasteiger charge is -2.17. The van der Waals surface area contributed by atoms with Crippen molar-refractivity contribution in [1.29, 1.82) is 0 Å².